The van der Waals surface area contributed by atoms with E-state index in [4.69, 9.17) is 0 Å². The summed E-state index contributed by atoms with van der Waals surface area (Å²) in [6, 6.07) is 0. The standard InChI is InChI=1S/C22H38O4/c1-5-6-7-11-17-14-19(23)18(21(24)20(17)22(25)26)13-12-16(4)10-8-9-15(2)3/h15-18,20H,5-14H2,1-4H3,(H,25,26). The summed E-state index contributed by atoms with van der Waals surface area (Å²) in [5.74, 6) is -2.20. The zero-order valence-corrected chi connectivity index (χ0v) is 17.1. The van der Waals surface area contributed by atoms with Gasteiger partial charge in [0.2, 0.25) is 0 Å². The lowest BCUT2D eigenvalue weighted by atomic mass is 9.69. The van der Waals surface area contributed by atoms with Crippen molar-refractivity contribution in [2.24, 2.45) is 29.6 Å². The minimum atomic E-state index is -1.04. The van der Waals surface area contributed by atoms with Crippen LogP contribution in [-0.4, -0.2) is 22.6 Å². The highest BCUT2D eigenvalue weighted by molar-refractivity contribution is 6.12. The van der Waals surface area contributed by atoms with Crippen LogP contribution < -0.4 is 0 Å². The molecule has 1 aliphatic rings. The van der Waals surface area contributed by atoms with E-state index in [2.05, 4.69) is 27.7 Å². The van der Waals surface area contributed by atoms with Crippen molar-refractivity contribution < 1.29 is 19.5 Å². The lowest BCUT2D eigenvalue weighted by Gasteiger charge is -2.32. The maximum atomic E-state index is 12.7. The number of carboxylic acids is 1. The first-order valence-electron chi connectivity index (χ1n) is 10.6. The first-order valence-corrected chi connectivity index (χ1v) is 10.6. The molecule has 0 heterocycles. The predicted octanol–water partition coefficient (Wildman–Crippen LogP) is 5.28. The molecule has 0 aliphatic heterocycles. The summed E-state index contributed by atoms with van der Waals surface area (Å²) in [5, 5.41) is 9.55. The van der Waals surface area contributed by atoms with Crippen molar-refractivity contribution in [3.05, 3.63) is 0 Å². The van der Waals surface area contributed by atoms with E-state index in [9.17, 15) is 19.5 Å². The molecule has 4 heteroatoms. The zero-order chi connectivity index (χ0) is 19.7. The van der Waals surface area contributed by atoms with Gasteiger partial charge in [0, 0.05) is 6.42 Å². The molecule has 26 heavy (non-hydrogen) atoms. The summed E-state index contributed by atoms with van der Waals surface area (Å²) < 4.78 is 0. The number of Topliss-reactive ketones (excluding diaryl/α,β-unsaturated/α-hetero) is 2. The average molecular weight is 367 g/mol. The van der Waals surface area contributed by atoms with Crippen LogP contribution in [0.5, 0.6) is 0 Å². The van der Waals surface area contributed by atoms with Crippen molar-refractivity contribution in [2.45, 2.75) is 91.9 Å². The van der Waals surface area contributed by atoms with E-state index < -0.39 is 17.8 Å². The summed E-state index contributed by atoms with van der Waals surface area (Å²) in [4.78, 5) is 36.9. The summed E-state index contributed by atoms with van der Waals surface area (Å²) in [6.45, 7) is 8.69. The van der Waals surface area contributed by atoms with Gasteiger partial charge in [-0.15, -0.1) is 0 Å². The van der Waals surface area contributed by atoms with E-state index in [1.54, 1.807) is 0 Å². The molecule has 1 aliphatic carbocycles. The molecule has 4 unspecified atom stereocenters. The number of carbonyl (C=O) groups excluding carboxylic acids is 2. The number of carboxylic acid groups (broad SMARTS) is 1. The summed E-state index contributed by atoms with van der Waals surface area (Å²) in [6.07, 6.45) is 8.71. The van der Waals surface area contributed by atoms with Crippen LogP contribution >= 0.6 is 0 Å². The zero-order valence-electron chi connectivity index (χ0n) is 17.1. The Labute approximate surface area is 159 Å². The number of aliphatic carboxylic acids is 1. The summed E-state index contributed by atoms with van der Waals surface area (Å²) in [5.41, 5.74) is 0. The van der Waals surface area contributed by atoms with Crippen molar-refractivity contribution in [3.63, 3.8) is 0 Å². The second-order valence-corrected chi connectivity index (χ2v) is 8.70. The Morgan fingerprint density at radius 3 is 2.31 bits per heavy atom. The van der Waals surface area contributed by atoms with E-state index >= 15 is 0 Å². The molecule has 0 aromatic carbocycles. The van der Waals surface area contributed by atoms with Gasteiger partial charge in [-0.25, -0.2) is 0 Å². The molecule has 4 nitrogen and oxygen atoms in total. The van der Waals surface area contributed by atoms with E-state index in [0.717, 1.165) is 32.1 Å². The smallest absolute Gasteiger partial charge is 0.314 e. The van der Waals surface area contributed by atoms with Crippen LogP contribution in [0.1, 0.15) is 91.9 Å². The van der Waals surface area contributed by atoms with Crippen LogP contribution in [-0.2, 0) is 14.4 Å². The number of carbonyl (C=O) groups is 3. The number of rotatable bonds is 12. The van der Waals surface area contributed by atoms with Crippen molar-refractivity contribution in [2.75, 3.05) is 0 Å². The monoisotopic (exact) mass is 366 g/mol. The molecule has 0 radical (unpaired) electrons. The topological polar surface area (TPSA) is 71.4 Å². The maximum absolute atomic E-state index is 12.7. The molecule has 150 valence electrons. The molecule has 1 rings (SSSR count). The number of unbranched alkanes of at least 4 members (excludes halogenated alkanes) is 2. The van der Waals surface area contributed by atoms with Crippen LogP contribution in [0.15, 0.2) is 0 Å². The first-order chi connectivity index (χ1) is 12.3. The van der Waals surface area contributed by atoms with Crippen LogP contribution in [0.3, 0.4) is 0 Å². The Morgan fingerprint density at radius 2 is 1.73 bits per heavy atom. The molecule has 0 saturated heterocycles. The highest BCUT2D eigenvalue weighted by Crippen LogP contribution is 2.35. The van der Waals surface area contributed by atoms with Crippen LogP contribution in [0.2, 0.25) is 0 Å². The molecular formula is C22H38O4. The number of ketones is 2. The van der Waals surface area contributed by atoms with Crippen molar-refractivity contribution in [3.8, 4) is 0 Å². The van der Waals surface area contributed by atoms with Gasteiger partial charge in [0.25, 0.3) is 0 Å². The molecule has 1 fully saturated rings. The van der Waals surface area contributed by atoms with Crippen LogP contribution in [0, 0.1) is 29.6 Å². The molecule has 0 aromatic rings. The Kier molecular flexibility index (Phi) is 10.1. The van der Waals surface area contributed by atoms with E-state index in [0.29, 0.717) is 24.7 Å². The average Bonchev–Trinajstić information content (AvgIpc) is 2.53. The van der Waals surface area contributed by atoms with Gasteiger partial charge in [-0.05, 0) is 37.0 Å². The Bertz CT molecular complexity index is 469. The predicted molar refractivity (Wildman–Crippen MR) is 104 cm³/mol. The maximum Gasteiger partial charge on any atom is 0.314 e. The lowest BCUT2D eigenvalue weighted by molar-refractivity contribution is -0.155. The van der Waals surface area contributed by atoms with Gasteiger partial charge in [-0.1, -0.05) is 66.2 Å². The summed E-state index contributed by atoms with van der Waals surface area (Å²) >= 11 is 0. The van der Waals surface area contributed by atoms with E-state index in [-0.39, 0.29) is 23.9 Å². The fraction of sp³-hybridized carbons (Fsp3) is 0.864. The quantitative estimate of drug-likeness (QED) is 0.376. The number of hydrogen-bond acceptors (Lipinski definition) is 3. The SMILES string of the molecule is CCCCCC1CC(=O)C(CCC(C)CCCC(C)C)C(=O)C1C(=O)O. The van der Waals surface area contributed by atoms with Crippen molar-refractivity contribution in [1.82, 2.24) is 0 Å². The van der Waals surface area contributed by atoms with Gasteiger partial charge in [-0.2, -0.15) is 0 Å². The Balaban J connectivity index is 2.60. The molecular weight excluding hydrogens is 328 g/mol. The first kappa shape index (κ1) is 22.9. The minimum Gasteiger partial charge on any atom is -0.481 e. The fourth-order valence-corrected chi connectivity index (χ4v) is 4.15. The van der Waals surface area contributed by atoms with E-state index in [1.165, 1.54) is 12.8 Å². The van der Waals surface area contributed by atoms with Crippen LogP contribution in [0.25, 0.3) is 0 Å². The largest absolute Gasteiger partial charge is 0.481 e. The molecule has 0 aromatic heterocycles. The third-order valence-corrected chi connectivity index (χ3v) is 5.84. The normalized spacial score (nSPS) is 24.9. The van der Waals surface area contributed by atoms with Gasteiger partial charge >= 0.3 is 5.97 Å². The second kappa shape index (κ2) is 11.5. The molecule has 0 spiro atoms. The highest BCUT2D eigenvalue weighted by atomic mass is 16.4. The fourth-order valence-electron chi connectivity index (χ4n) is 4.15. The number of hydrogen-bond donors (Lipinski definition) is 1. The highest BCUT2D eigenvalue weighted by Gasteiger charge is 2.46. The Morgan fingerprint density at radius 1 is 1.04 bits per heavy atom. The van der Waals surface area contributed by atoms with Crippen LogP contribution in [0.4, 0.5) is 0 Å². The van der Waals surface area contributed by atoms with Gasteiger partial charge in [0.05, 0.1) is 5.92 Å². The lowest BCUT2D eigenvalue weighted by Crippen LogP contribution is -2.45. The van der Waals surface area contributed by atoms with Gasteiger partial charge in [0.15, 0.2) is 5.78 Å². The molecule has 4 atom stereocenters. The van der Waals surface area contributed by atoms with Gasteiger partial charge < -0.3 is 5.11 Å². The molecule has 0 bridgehead atoms. The van der Waals surface area contributed by atoms with Gasteiger partial charge in [0.1, 0.15) is 11.7 Å². The van der Waals surface area contributed by atoms with Crippen molar-refractivity contribution in [1.29, 1.82) is 0 Å². The molecule has 0 amide bonds. The van der Waals surface area contributed by atoms with Crippen molar-refractivity contribution >= 4 is 17.5 Å². The minimum absolute atomic E-state index is 0.0246. The third kappa shape index (κ3) is 7.20. The van der Waals surface area contributed by atoms with Gasteiger partial charge in [-0.3, -0.25) is 14.4 Å². The molecule has 1 saturated carbocycles. The second-order valence-electron chi connectivity index (χ2n) is 8.70. The van der Waals surface area contributed by atoms with E-state index in [1.807, 2.05) is 0 Å². The third-order valence-electron chi connectivity index (χ3n) is 5.84. The Hall–Kier alpha value is -1.19. The molecule has 1 N–H and O–H groups in total. The summed E-state index contributed by atoms with van der Waals surface area (Å²) in [7, 11) is 0.